The normalized spacial score (nSPS) is 17.5. The first kappa shape index (κ1) is 20.5. The van der Waals surface area contributed by atoms with E-state index >= 15 is 0 Å². The molecule has 1 fully saturated rings. The minimum atomic E-state index is -0.0294. The first-order valence-electron chi connectivity index (χ1n) is 12.1. The highest BCUT2D eigenvalue weighted by molar-refractivity contribution is 6.00. The maximum absolute atomic E-state index is 13.1. The molecule has 1 aliphatic heterocycles. The van der Waals surface area contributed by atoms with Gasteiger partial charge in [-0.05, 0) is 61.9 Å². The molecular formula is C27H31N5O. The van der Waals surface area contributed by atoms with Crippen LogP contribution in [0.4, 0.5) is 0 Å². The van der Waals surface area contributed by atoms with E-state index in [1.807, 2.05) is 17.9 Å². The number of amides is 1. The first-order valence-corrected chi connectivity index (χ1v) is 12.1. The van der Waals surface area contributed by atoms with E-state index in [1.165, 1.54) is 30.2 Å². The fraction of sp³-hybridized carbons (Fsp3) is 0.407. The third-order valence-electron chi connectivity index (χ3n) is 7.49. The molecule has 1 saturated carbocycles. The van der Waals surface area contributed by atoms with Gasteiger partial charge in [0, 0.05) is 49.2 Å². The number of nitrogens with zero attached hydrogens (tertiary/aromatic N) is 4. The summed E-state index contributed by atoms with van der Waals surface area (Å²) in [4.78, 5) is 20.1. The quantitative estimate of drug-likeness (QED) is 0.501. The fourth-order valence-corrected chi connectivity index (χ4v) is 5.49. The lowest BCUT2D eigenvalue weighted by Crippen LogP contribution is -2.43. The lowest BCUT2D eigenvalue weighted by Gasteiger charge is -2.29. The molecule has 6 heteroatoms. The van der Waals surface area contributed by atoms with Crippen molar-refractivity contribution in [3.8, 4) is 11.5 Å². The third-order valence-corrected chi connectivity index (χ3v) is 7.49. The second kappa shape index (κ2) is 7.73. The van der Waals surface area contributed by atoms with Crippen molar-refractivity contribution in [1.82, 2.24) is 19.0 Å². The highest BCUT2D eigenvalue weighted by atomic mass is 16.2. The Morgan fingerprint density at radius 1 is 1.15 bits per heavy atom. The number of para-hydroxylation sites is 1. The number of aryl methyl sites for hydroxylation is 1. The zero-order valence-corrected chi connectivity index (χ0v) is 19.4. The number of hydrogen-bond donors (Lipinski definition) is 1. The minimum absolute atomic E-state index is 0.0294. The lowest BCUT2D eigenvalue weighted by molar-refractivity contribution is 0.0732. The summed E-state index contributed by atoms with van der Waals surface area (Å²) in [5.74, 6) is 1.78. The Bertz CT molecular complexity index is 1370. The molecule has 2 N–H and O–H groups in total. The summed E-state index contributed by atoms with van der Waals surface area (Å²) in [6.45, 7) is 4.29. The predicted octanol–water partition coefficient (Wildman–Crippen LogP) is 4.34. The molecule has 0 spiro atoms. The van der Waals surface area contributed by atoms with E-state index in [1.54, 1.807) is 0 Å². The SMILES string of the molecule is C[C@@H](N)CN1CCc2cc3c(cc2C1=O)nc(-c1cc2ccccc2n1CC1CCC1)n3C. The van der Waals surface area contributed by atoms with Crippen LogP contribution in [0.25, 0.3) is 33.5 Å². The Morgan fingerprint density at radius 2 is 1.97 bits per heavy atom. The molecule has 4 aromatic rings. The van der Waals surface area contributed by atoms with Gasteiger partial charge in [-0.3, -0.25) is 4.79 Å². The number of aromatic nitrogens is 3. The van der Waals surface area contributed by atoms with Crippen LogP contribution in [0.5, 0.6) is 0 Å². The molecule has 0 unspecified atom stereocenters. The van der Waals surface area contributed by atoms with Crippen LogP contribution in [0.15, 0.2) is 42.5 Å². The van der Waals surface area contributed by atoms with E-state index in [-0.39, 0.29) is 11.9 Å². The zero-order chi connectivity index (χ0) is 22.7. The van der Waals surface area contributed by atoms with Gasteiger partial charge in [0.25, 0.3) is 5.91 Å². The van der Waals surface area contributed by atoms with Crippen LogP contribution in [-0.2, 0) is 20.0 Å². The Labute approximate surface area is 194 Å². The Morgan fingerprint density at radius 3 is 2.73 bits per heavy atom. The summed E-state index contributed by atoms with van der Waals surface area (Å²) in [6.07, 6.45) is 4.81. The number of hydrogen-bond acceptors (Lipinski definition) is 3. The largest absolute Gasteiger partial charge is 0.338 e. The van der Waals surface area contributed by atoms with E-state index in [2.05, 4.69) is 52.6 Å². The Hall–Kier alpha value is -3.12. The maximum atomic E-state index is 13.1. The van der Waals surface area contributed by atoms with Crippen molar-refractivity contribution in [2.45, 2.75) is 45.2 Å². The summed E-state index contributed by atoms with van der Waals surface area (Å²) < 4.78 is 4.65. The zero-order valence-electron chi connectivity index (χ0n) is 19.4. The molecule has 1 atom stereocenters. The molecular weight excluding hydrogens is 410 g/mol. The van der Waals surface area contributed by atoms with E-state index in [0.29, 0.717) is 6.54 Å². The molecule has 3 heterocycles. The van der Waals surface area contributed by atoms with Gasteiger partial charge >= 0.3 is 0 Å². The topological polar surface area (TPSA) is 69.1 Å². The average Bonchev–Trinajstić information content (AvgIpc) is 3.29. The number of imidazole rings is 1. The van der Waals surface area contributed by atoms with Crippen molar-refractivity contribution in [2.24, 2.45) is 18.7 Å². The molecule has 6 nitrogen and oxygen atoms in total. The second-order valence-corrected chi connectivity index (χ2v) is 9.97. The third kappa shape index (κ3) is 3.35. The van der Waals surface area contributed by atoms with Crippen LogP contribution in [0.2, 0.25) is 0 Å². The van der Waals surface area contributed by atoms with E-state index < -0.39 is 0 Å². The van der Waals surface area contributed by atoms with E-state index in [9.17, 15) is 4.79 Å². The molecule has 2 aliphatic rings. The predicted molar refractivity (Wildman–Crippen MR) is 132 cm³/mol. The van der Waals surface area contributed by atoms with Crippen molar-refractivity contribution in [2.75, 3.05) is 13.1 Å². The monoisotopic (exact) mass is 441 g/mol. The van der Waals surface area contributed by atoms with Crippen LogP contribution < -0.4 is 5.73 Å². The van der Waals surface area contributed by atoms with Gasteiger partial charge in [0.15, 0.2) is 5.82 Å². The molecule has 2 aromatic carbocycles. The van der Waals surface area contributed by atoms with Crippen molar-refractivity contribution in [3.63, 3.8) is 0 Å². The van der Waals surface area contributed by atoms with Gasteiger partial charge in [0.1, 0.15) is 0 Å². The van der Waals surface area contributed by atoms with Crippen LogP contribution in [0, 0.1) is 5.92 Å². The molecule has 2 aromatic heterocycles. The Balaban J connectivity index is 1.47. The summed E-state index contributed by atoms with van der Waals surface area (Å²) in [5, 5.41) is 1.25. The van der Waals surface area contributed by atoms with Crippen LogP contribution in [0.1, 0.15) is 42.1 Å². The number of rotatable bonds is 5. The van der Waals surface area contributed by atoms with Gasteiger partial charge in [-0.15, -0.1) is 0 Å². The number of fused-ring (bicyclic) bond motifs is 3. The second-order valence-electron chi connectivity index (χ2n) is 9.97. The highest BCUT2D eigenvalue weighted by Crippen LogP contribution is 2.35. The van der Waals surface area contributed by atoms with E-state index in [4.69, 9.17) is 10.7 Å². The summed E-state index contributed by atoms with van der Waals surface area (Å²) in [5.41, 5.74) is 12.2. The smallest absolute Gasteiger partial charge is 0.254 e. The molecule has 170 valence electrons. The molecule has 0 saturated heterocycles. The standard InChI is InChI=1S/C27H31N5O/c1-17(28)15-31-11-10-19-12-24-22(14-21(19)27(31)33)29-26(30(24)2)25-13-20-8-3-4-9-23(20)32(25)16-18-6-5-7-18/h3-4,8-9,12-14,17-18H,5-7,10-11,15-16,28H2,1-2H3/t17-/m1/s1. The van der Waals surface area contributed by atoms with Crippen molar-refractivity contribution in [3.05, 3.63) is 53.6 Å². The van der Waals surface area contributed by atoms with E-state index in [0.717, 1.165) is 59.1 Å². The first-order chi connectivity index (χ1) is 16.0. The van der Waals surface area contributed by atoms with Crippen molar-refractivity contribution < 1.29 is 4.79 Å². The number of carbonyl (C=O) groups is 1. The lowest BCUT2D eigenvalue weighted by atomic mass is 9.85. The number of nitrogens with two attached hydrogens (primary N) is 1. The fourth-order valence-electron chi connectivity index (χ4n) is 5.49. The number of carbonyl (C=O) groups excluding carboxylic acids is 1. The van der Waals surface area contributed by atoms with Gasteiger partial charge in [0.05, 0.1) is 16.7 Å². The van der Waals surface area contributed by atoms with Crippen LogP contribution in [0.3, 0.4) is 0 Å². The van der Waals surface area contributed by atoms with Crippen LogP contribution in [-0.4, -0.2) is 44.1 Å². The molecule has 0 bridgehead atoms. The molecule has 6 rings (SSSR count). The number of benzene rings is 2. The molecule has 0 radical (unpaired) electrons. The van der Waals surface area contributed by atoms with Gasteiger partial charge < -0.3 is 19.8 Å². The van der Waals surface area contributed by atoms with Gasteiger partial charge in [-0.25, -0.2) is 4.98 Å². The summed E-state index contributed by atoms with van der Waals surface area (Å²) in [6, 6.07) is 15.0. The van der Waals surface area contributed by atoms with Crippen molar-refractivity contribution in [1.29, 1.82) is 0 Å². The maximum Gasteiger partial charge on any atom is 0.254 e. The highest BCUT2D eigenvalue weighted by Gasteiger charge is 2.27. The van der Waals surface area contributed by atoms with Gasteiger partial charge in [-0.1, -0.05) is 24.6 Å². The molecule has 1 amide bonds. The summed E-state index contributed by atoms with van der Waals surface area (Å²) in [7, 11) is 2.09. The van der Waals surface area contributed by atoms with Gasteiger partial charge in [-0.2, -0.15) is 0 Å². The Kier molecular flexibility index (Phi) is 4.80. The average molecular weight is 442 g/mol. The minimum Gasteiger partial charge on any atom is -0.338 e. The molecule has 33 heavy (non-hydrogen) atoms. The van der Waals surface area contributed by atoms with Crippen LogP contribution >= 0.6 is 0 Å². The van der Waals surface area contributed by atoms with Gasteiger partial charge in [0.2, 0.25) is 0 Å². The molecule has 1 aliphatic carbocycles. The summed E-state index contributed by atoms with van der Waals surface area (Å²) >= 11 is 0. The van der Waals surface area contributed by atoms with Crippen molar-refractivity contribution >= 4 is 27.8 Å².